The van der Waals surface area contributed by atoms with E-state index in [0.717, 1.165) is 0 Å². The van der Waals surface area contributed by atoms with Gasteiger partial charge in [-0.05, 0) is 31.2 Å². The number of ether oxygens (including phenoxy) is 2. The number of hydrogen-bond acceptors (Lipinski definition) is 5. The molecule has 2 rings (SSSR count). The summed E-state index contributed by atoms with van der Waals surface area (Å²) in [5, 5.41) is 0. The van der Waals surface area contributed by atoms with Gasteiger partial charge in [0.1, 0.15) is 17.4 Å². The summed E-state index contributed by atoms with van der Waals surface area (Å²) in [5.41, 5.74) is 6.67. The smallest absolute Gasteiger partial charge is 0.339 e. The SMILES string of the molecule is CCOC(=O)c1cnc(/N=C(\N)C(C)C)c(-c2cc(OC)ccc2F)c1. The van der Waals surface area contributed by atoms with E-state index < -0.39 is 11.8 Å². The molecule has 0 bridgehead atoms. The summed E-state index contributed by atoms with van der Waals surface area (Å²) in [6, 6.07) is 5.80. The molecule has 1 heterocycles. The van der Waals surface area contributed by atoms with Crippen molar-refractivity contribution in [3.05, 3.63) is 41.8 Å². The minimum absolute atomic E-state index is 0.00969. The van der Waals surface area contributed by atoms with Gasteiger partial charge in [0.25, 0.3) is 0 Å². The Labute approximate surface area is 151 Å². The molecule has 0 atom stereocenters. The van der Waals surface area contributed by atoms with E-state index in [2.05, 4.69) is 9.98 Å². The zero-order chi connectivity index (χ0) is 19.3. The van der Waals surface area contributed by atoms with Crippen LogP contribution in [0, 0.1) is 11.7 Å². The van der Waals surface area contributed by atoms with Crippen LogP contribution in [0.1, 0.15) is 31.1 Å². The van der Waals surface area contributed by atoms with Crippen molar-refractivity contribution in [1.29, 1.82) is 0 Å². The van der Waals surface area contributed by atoms with E-state index in [4.69, 9.17) is 15.2 Å². The van der Waals surface area contributed by atoms with Gasteiger partial charge in [0.15, 0.2) is 5.82 Å². The normalized spacial score (nSPS) is 11.5. The summed E-state index contributed by atoms with van der Waals surface area (Å²) in [6.07, 6.45) is 1.34. The lowest BCUT2D eigenvalue weighted by Gasteiger charge is -2.12. The Morgan fingerprint density at radius 3 is 2.65 bits per heavy atom. The molecule has 6 nitrogen and oxygen atoms in total. The predicted octanol–water partition coefficient (Wildman–Crippen LogP) is 3.72. The topological polar surface area (TPSA) is 86.8 Å². The van der Waals surface area contributed by atoms with E-state index in [1.807, 2.05) is 13.8 Å². The molecule has 0 aliphatic rings. The van der Waals surface area contributed by atoms with Gasteiger partial charge in [0, 0.05) is 23.2 Å². The Bertz CT molecular complexity index is 835. The van der Waals surface area contributed by atoms with Crippen molar-refractivity contribution in [3.8, 4) is 16.9 Å². The number of amidine groups is 1. The number of hydrogen-bond donors (Lipinski definition) is 1. The number of pyridine rings is 1. The van der Waals surface area contributed by atoms with Crippen LogP contribution >= 0.6 is 0 Å². The van der Waals surface area contributed by atoms with Crippen molar-refractivity contribution in [2.45, 2.75) is 20.8 Å². The molecule has 0 amide bonds. The van der Waals surface area contributed by atoms with Crippen LogP contribution in [0.5, 0.6) is 5.75 Å². The summed E-state index contributed by atoms with van der Waals surface area (Å²) < 4.78 is 24.6. The molecule has 1 aromatic heterocycles. The van der Waals surface area contributed by atoms with Crippen molar-refractivity contribution in [3.63, 3.8) is 0 Å². The van der Waals surface area contributed by atoms with Crippen LogP contribution in [0.3, 0.4) is 0 Å². The van der Waals surface area contributed by atoms with Gasteiger partial charge in [-0.3, -0.25) is 0 Å². The summed E-state index contributed by atoms with van der Waals surface area (Å²) in [5.74, 6) is -0.00771. The van der Waals surface area contributed by atoms with Crippen molar-refractivity contribution < 1.29 is 18.7 Å². The molecule has 0 unspecified atom stereocenters. The first-order chi connectivity index (χ1) is 12.4. The number of halogens is 1. The maximum atomic E-state index is 14.5. The van der Waals surface area contributed by atoms with Gasteiger partial charge in [-0.2, -0.15) is 0 Å². The highest BCUT2D eigenvalue weighted by Gasteiger charge is 2.17. The third-order valence-electron chi connectivity index (χ3n) is 3.67. The first kappa shape index (κ1) is 19.4. The molecule has 0 aliphatic heterocycles. The fourth-order valence-corrected chi connectivity index (χ4v) is 2.16. The van der Waals surface area contributed by atoms with Gasteiger partial charge in [0.05, 0.1) is 19.3 Å². The molecule has 0 fully saturated rings. The largest absolute Gasteiger partial charge is 0.497 e. The number of carbonyl (C=O) groups excluding carboxylic acids is 1. The summed E-state index contributed by atoms with van der Waals surface area (Å²) in [6.45, 7) is 5.70. The Morgan fingerprint density at radius 2 is 2.04 bits per heavy atom. The third kappa shape index (κ3) is 4.36. The number of rotatable bonds is 6. The maximum Gasteiger partial charge on any atom is 0.339 e. The van der Waals surface area contributed by atoms with Crippen molar-refractivity contribution in [2.24, 2.45) is 16.6 Å². The molecule has 26 heavy (non-hydrogen) atoms. The van der Waals surface area contributed by atoms with E-state index in [9.17, 15) is 9.18 Å². The minimum atomic E-state index is -0.545. The highest BCUT2D eigenvalue weighted by molar-refractivity contribution is 5.93. The number of aromatic nitrogens is 1. The standard InChI is InChI=1S/C19H22FN3O3/c1-5-26-19(24)12-8-15(14-9-13(25-4)6-7-16(14)20)18(22-10-12)23-17(21)11(2)3/h6-11H,5H2,1-4H3,(H2,21,22,23). The molecule has 0 saturated heterocycles. The van der Waals surface area contributed by atoms with Crippen LogP contribution in [-0.4, -0.2) is 30.5 Å². The number of esters is 1. The first-order valence-corrected chi connectivity index (χ1v) is 8.22. The van der Waals surface area contributed by atoms with Crippen LogP contribution in [0.2, 0.25) is 0 Å². The molecular weight excluding hydrogens is 337 g/mol. The number of aliphatic imine (C=N–C) groups is 1. The van der Waals surface area contributed by atoms with Crippen LogP contribution in [0.25, 0.3) is 11.1 Å². The number of carbonyl (C=O) groups is 1. The van der Waals surface area contributed by atoms with Crippen molar-refractivity contribution in [1.82, 2.24) is 4.98 Å². The molecule has 0 radical (unpaired) electrons. The fraction of sp³-hybridized carbons (Fsp3) is 0.316. The lowest BCUT2D eigenvalue weighted by atomic mass is 10.0. The zero-order valence-electron chi connectivity index (χ0n) is 15.2. The molecule has 0 aliphatic carbocycles. The number of nitrogens with zero attached hydrogens (tertiary/aromatic N) is 2. The third-order valence-corrected chi connectivity index (χ3v) is 3.67. The molecule has 1 aromatic carbocycles. The Balaban J connectivity index is 2.67. The molecule has 2 N–H and O–H groups in total. The molecule has 0 spiro atoms. The highest BCUT2D eigenvalue weighted by atomic mass is 19.1. The van der Waals surface area contributed by atoms with E-state index >= 15 is 0 Å². The van der Waals surface area contributed by atoms with Gasteiger partial charge in [-0.25, -0.2) is 19.2 Å². The summed E-state index contributed by atoms with van der Waals surface area (Å²) in [4.78, 5) is 20.5. The summed E-state index contributed by atoms with van der Waals surface area (Å²) >= 11 is 0. The monoisotopic (exact) mass is 359 g/mol. The van der Waals surface area contributed by atoms with Gasteiger partial charge in [-0.15, -0.1) is 0 Å². The van der Waals surface area contributed by atoms with Crippen molar-refractivity contribution >= 4 is 17.6 Å². The number of benzene rings is 1. The second-order valence-corrected chi connectivity index (χ2v) is 5.85. The number of nitrogens with two attached hydrogens (primary N) is 1. The van der Waals surface area contributed by atoms with Crippen LogP contribution < -0.4 is 10.5 Å². The van der Waals surface area contributed by atoms with Gasteiger partial charge >= 0.3 is 5.97 Å². The average molecular weight is 359 g/mol. The average Bonchev–Trinajstić information content (AvgIpc) is 2.62. The van der Waals surface area contributed by atoms with Gasteiger partial charge in [-0.1, -0.05) is 13.8 Å². The Morgan fingerprint density at radius 1 is 1.31 bits per heavy atom. The Kier molecular flexibility index (Phi) is 6.27. The van der Waals surface area contributed by atoms with E-state index in [1.54, 1.807) is 6.92 Å². The predicted molar refractivity (Wildman–Crippen MR) is 98.3 cm³/mol. The van der Waals surface area contributed by atoms with E-state index in [1.165, 1.54) is 37.6 Å². The fourth-order valence-electron chi connectivity index (χ4n) is 2.16. The molecule has 138 valence electrons. The van der Waals surface area contributed by atoms with Crippen molar-refractivity contribution in [2.75, 3.05) is 13.7 Å². The molecule has 7 heteroatoms. The molecular formula is C19H22FN3O3. The Hall–Kier alpha value is -2.96. The number of methoxy groups -OCH3 is 1. The van der Waals surface area contributed by atoms with Gasteiger partial charge < -0.3 is 15.2 Å². The van der Waals surface area contributed by atoms with Crippen LogP contribution in [-0.2, 0) is 4.74 Å². The second kappa shape index (κ2) is 8.42. The van der Waals surface area contributed by atoms with Gasteiger partial charge in [0.2, 0.25) is 0 Å². The minimum Gasteiger partial charge on any atom is -0.497 e. The lowest BCUT2D eigenvalue weighted by molar-refractivity contribution is 0.0526. The highest BCUT2D eigenvalue weighted by Crippen LogP contribution is 2.34. The van der Waals surface area contributed by atoms with E-state index in [-0.39, 0.29) is 29.5 Å². The lowest BCUT2D eigenvalue weighted by Crippen LogP contribution is -2.18. The molecule has 2 aromatic rings. The second-order valence-electron chi connectivity index (χ2n) is 5.85. The maximum absolute atomic E-state index is 14.5. The van der Waals surface area contributed by atoms with E-state index in [0.29, 0.717) is 17.1 Å². The molecule has 0 saturated carbocycles. The first-order valence-electron chi connectivity index (χ1n) is 8.22. The summed E-state index contributed by atoms with van der Waals surface area (Å²) in [7, 11) is 1.49. The van der Waals surface area contributed by atoms with Crippen LogP contribution in [0.15, 0.2) is 35.5 Å². The van der Waals surface area contributed by atoms with Crippen LogP contribution in [0.4, 0.5) is 10.2 Å². The zero-order valence-corrected chi connectivity index (χ0v) is 15.2. The quantitative estimate of drug-likeness (QED) is 0.482.